The van der Waals surface area contributed by atoms with Crippen LogP contribution in [0.2, 0.25) is 0 Å². The van der Waals surface area contributed by atoms with Crippen molar-refractivity contribution in [3.8, 4) is 5.75 Å². The molecule has 21 heavy (non-hydrogen) atoms. The quantitative estimate of drug-likeness (QED) is 0.898. The van der Waals surface area contributed by atoms with Gasteiger partial charge in [-0.3, -0.25) is 0 Å². The monoisotopic (exact) mass is 281 g/mol. The van der Waals surface area contributed by atoms with Crippen molar-refractivity contribution in [3.63, 3.8) is 0 Å². The summed E-state index contributed by atoms with van der Waals surface area (Å²) in [6, 6.07) is 17.2. The first kappa shape index (κ1) is 14.2. The highest BCUT2D eigenvalue weighted by Crippen LogP contribution is 2.28. The van der Waals surface area contributed by atoms with E-state index >= 15 is 0 Å². The molecule has 0 radical (unpaired) electrons. The first-order chi connectivity index (χ1) is 10.3. The van der Waals surface area contributed by atoms with E-state index in [0.29, 0.717) is 0 Å². The number of benzene rings is 2. The summed E-state index contributed by atoms with van der Waals surface area (Å²) >= 11 is 0. The molecule has 0 fully saturated rings. The fourth-order valence-corrected chi connectivity index (χ4v) is 2.95. The second kappa shape index (κ2) is 6.77. The normalized spacial score (nSPS) is 15.1. The van der Waals surface area contributed by atoms with Gasteiger partial charge in [-0.15, -0.1) is 0 Å². The molecule has 0 amide bonds. The largest absolute Gasteiger partial charge is 0.493 e. The molecule has 0 aromatic heterocycles. The first-order valence-corrected chi connectivity index (χ1v) is 7.88. The zero-order valence-corrected chi connectivity index (χ0v) is 12.4. The Balaban J connectivity index is 1.56. The number of fused-ring (bicyclic) bond motifs is 1. The molecule has 110 valence electrons. The summed E-state index contributed by atoms with van der Waals surface area (Å²) in [6.45, 7) is 0.843. The Bertz CT molecular complexity index is 579. The van der Waals surface area contributed by atoms with E-state index in [1.54, 1.807) is 0 Å². The van der Waals surface area contributed by atoms with Gasteiger partial charge < -0.3 is 10.5 Å². The average molecular weight is 281 g/mol. The van der Waals surface area contributed by atoms with Crippen LogP contribution in [0.1, 0.15) is 42.0 Å². The van der Waals surface area contributed by atoms with Crippen LogP contribution in [0.4, 0.5) is 0 Å². The van der Waals surface area contributed by atoms with E-state index < -0.39 is 0 Å². The Morgan fingerprint density at radius 2 is 1.95 bits per heavy atom. The molecule has 0 saturated heterocycles. The summed E-state index contributed by atoms with van der Waals surface area (Å²) in [6.07, 6.45) is 5.47. The molecule has 2 aromatic rings. The van der Waals surface area contributed by atoms with Crippen LogP contribution in [0.15, 0.2) is 48.5 Å². The molecule has 0 spiro atoms. The van der Waals surface area contributed by atoms with Crippen molar-refractivity contribution < 1.29 is 4.74 Å². The van der Waals surface area contributed by atoms with Crippen molar-refractivity contribution in [1.82, 2.24) is 0 Å². The lowest BCUT2D eigenvalue weighted by atomic mass is 9.96. The predicted molar refractivity (Wildman–Crippen MR) is 86.6 cm³/mol. The lowest BCUT2D eigenvalue weighted by Gasteiger charge is -2.20. The van der Waals surface area contributed by atoms with E-state index in [4.69, 9.17) is 10.5 Å². The maximum atomic E-state index is 6.35. The van der Waals surface area contributed by atoms with E-state index in [2.05, 4.69) is 48.5 Å². The Labute approximate surface area is 126 Å². The molecule has 0 unspecified atom stereocenters. The SMILES string of the molecule is N[C@@H](CCCc1ccccc1)c1ccc2c(c1)CCCO2. The lowest BCUT2D eigenvalue weighted by Crippen LogP contribution is -2.13. The summed E-state index contributed by atoms with van der Waals surface area (Å²) < 4.78 is 5.66. The summed E-state index contributed by atoms with van der Waals surface area (Å²) in [5, 5.41) is 0. The second-order valence-corrected chi connectivity index (χ2v) is 5.80. The molecule has 0 bridgehead atoms. The van der Waals surface area contributed by atoms with Gasteiger partial charge in [0.05, 0.1) is 6.61 Å². The van der Waals surface area contributed by atoms with Gasteiger partial charge >= 0.3 is 0 Å². The van der Waals surface area contributed by atoms with Crippen LogP contribution in [0.3, 0.4) is 0 Å². The summed E-state index contributed by atoms with van der Waals surface area (Å²) in [4.78, 5) is 0. The molecule has 1 atom stereocenters. The van der Waals surface area contributed by atoms with E-state index in [1.165, 1.54) is 16.7 Å². The van der Waals surface area contributed by atoms with Gasteiger partial charge in [0.1, 0.15) is 5.75 Å². The molecular weight excluding hydrogens is 258 g/mol. The zero-order valence-electron chi connectivity index (χ0n) is 12.4. The summed E-state index contributed by atoms with van der Waals surface area (Å²) in [7, 11) is 0. The van der Waals surface area contributed by atoms with Crippen molar-refractivity contribution in [2.24, 2.45) is 5.73 Å². The molecule has 2 aromatic carbocycles. The Morgan fingerprint density at radius 1 is 1.10 bits per heavy atom. The second-order valence-electron chi connectivity index (χ2n) is 5.80. The maximum absolute atomic E-state index is 6.35. The molecular formula is C19H23NO. The zero-order chi connectivity index (χ0) is 14.5. The third kappa shape index (κ3) is 3.64. The van der Waals surface area contributed by atoms with E-state index in [1.807, 2.05) is 0 Å². The summed E-state index contributed by atoms with van der Waals surface area (Å²) in [5.74, 6) is 1.04. The fourth-order valence-electron chi connectivity index (χ4n) is 2.95. The van der Waals surface area contributed by atoms with Gasteiger partial charge in [0, 0.05) is 6.04 Å². The number of hydrogen-bond donors (Lipinski definition) is 1. The van der Waals surface area contributed by atoms with Gasteiger partial charge in [0.15, 0.2) is 0 Å². The number of ether oxygens (including phenoxy) is 1. The van der Waals surface area contributed by atoms with Crippen LogP contribution < -0.4 is 10.5 Å². The van der Waals surface area contributed by atoms with E-state index in [0.717, 1.165) is 44.5 Å². The highest BCUT2D eigenvalue weighted by Gasteiger charge is 2.13. The Hall–Kier alpha value is -1.80. The Morgan fingerprint density at radius 3 is 2.81 bits per heavy atom. The van der Waals surface area contributed by atoms with Crippen molar-refractivity contribution in [2.45, 2.75) is 38.1 Å². The topological polar surface area (TPSA) is 35.2 Å². The highest BCUT2D eigenvalue weighted by molar-refractivity contribution is 5.39. The van der Waals surface area contributed by atoms with Gasteiger partial charge in [-0.05, 0) is 54.9 Å². The standard InChI is InChI=1S/C19H23NO/c20-18(10-4-8-15-6-2-1-3-7-15)16-11-12-19-17(14-16)9-5-13-21-19/h1-3,6-7,11-12,14,18H,4-5,8-10,13,20H2/t18-/m0/s1. The smallest absolute Gasteiger partial charge is 0.122 e. The van der Waals surface area contributed by atoms with Crippen LogP contribution in [0, 0.1) is 0 Å². The molecule has 2 N–H and O–H groups in total. The minimum Gasteiger partial charge on any atom is -0.493 e. The number of hydrogen-bond acceptors (Lipinski definition) is 2. The molecule has 2 nitrogen and oxygen atoms in total. The Kier molecular flexibility index (Phi) is 4.56. The van der Waals surface area contributed by atoms with Gasteiger partial charge in [-0.25, -0.2) is 0 Å². The van der Waals surface area contributed by atoms with E-state index in [9.17, 15) is 0 Å². The molecule has 0 aliphatic carbocycles. The van der Waals surface area contributed by atoms with Crippen molar-refractivity contribution >= 4 is 0 Å². The molecule has 3 rings (SSSR count). The third-order valence-electron chi connectivity index (χ3n) is 4.18. The van der Waals surface area contributed by atoms with Crippen LogP contribution in [0.25, 0.3) is 0 Å². The van der Waals surface area contributed by atoms with Gasteiger partial charge in [-0.1, -0.05) is 42.5 Å². The van der Waals surface area contributed by atoms with Gasteiger partial charge in [0.2, 0.25) is 0 Å². The van der Waals surface area contributed by atoms with Crippen molar-refractivity contribution in [3.05, 3.63) is 65.2 Å². The number of nitrogens with two attached hydrogens (primary N) is 1. The average Bonchev–Trinajstić information content (AvgIpc) is 2.55. The first-order valence-electron chi connectivity index (χ1n) is 7.88. The summed E-state index contributed by atoms with van der Waals surface area (Å²) in [5.41, 5.74) is 10.3. The molecule has 1 aliphatic rings. The predicted octanol–water partition coefficient (Wildman–Crippen LogP) is 4.03. The van der Waals surface area contributed by atoms with Gasteiger partial charge in [-0.2, -0.15) is 0 Å². The van der Waals surface area contributed by atoms with Crippen LogP contribution in [0.5, 0.6) is 5.75 Å². The highest BCUT2D eigenvalue weighted by atomic mass is 16.5. The van der Waals surface area contributed by atoms with Crippen molar-refractivity contribution in [2.75, 3.05) is 6.61 Å². The molecule has 0 saturated carbocycles. The van der Waals surface area contributed by atoms with E-state index in [-0.39, 0.29) is 6.04 Å². The minimum absolute atomic E-state index is 0.126. The van der Waals surface area contributed by atoms with Crippen LogP contribution in [-0.4, -0.2) is 6.61 Å². The number of rotatable bonds is 5. The fraction of sp³-hybridized carbons (Fsp3) is 0.368. The lowest BCUT2D eigenvalue weighted by molar-refractivity contribution is 0.288. The minimum atomic E-state index is 0.126. The molecule has 2 heteroatoms. The maximum Gasteiger partial charge on any atom is 0.122 e. The van der Waals surface area contributed by atoms with Crippen LogP contribution >= 0.6 is 0 Å². The van der Waals surface area contributed by atoms with Gasteiger partial charge in [0.25, 0.3) is 0 Å². The van der Waals surface area contributed by atoms with Crippen LogP contribution in [-0.2, 0) is 12.8 Å². The van der Waals surface area contributed by atoms with Crippen molar-refractivity contribution in [1.29, 1.82) is 0 Å². The third-order valence-corrected chi connectivity index (χ3v) is 4.18. The number of aryl methyl sites for hydroxylation is 2. The molecule has 1 heterocycles. The molecule has 1 aliphatic heterocycles.